The molecule has 1 rings (SSSR count). The quantitative estimate of drug-likeness (QED) is 0.767. The van der Waals surface area contributed by atoms with Crippen LogP contribution in [0.2, 0.25) is 10.0 Å². The molecule has 0 spiro atoms. The zero-order valence-corrected chi connectivity index (χ0v) is 10.2. The van der Waals surface area contributed by atoms with E-state index < -0.39 is 0 Å². The molecule has 0 fully saturated rings. The maximum Gasteiger partial charge on any atom is 0.147 e. The second-order valence-corrected chi connectivity index (χ2v) is 4.23. The predicted octanol–water partition coefficient (Wildman–Crippen LogP) is 3.45. The molecule has 0 aliphatic heterocycles. The van der Waals surface area contributed by atoms with Crippen molar-refractivity contribution in [1.82, 2.24) is 4.98 Å². The molecule has 0 aliphatic carbocycles. The van der Waals surface area contributed by atoms with Crippen molar-refractivity contribution in [3.05, 3.63) is 22.3 Å². The average molecular weight is 254 g/mol. The Morgan fingerprint density at radius 3 is 2.64 bits per heavy atom. The number of rotatable bonds is 3. The Kier molecular flexibility index (Phi) is 4.30. The Bertz CT molecular complexity index is 317. The minimum atomic E-state index is 0.183. The van der Waals surface area contributed by atoms with Crippen molar-refractivity contribution in [2.75, 3.05) is 17.8 Å². The number of hydrogen-bond donors (Lipinski definition) is 0. The molecule has 2 nitrogen and oxygen atoms in total. The normalized spacial score (nSPS) is 12.6. The summed E-state index contributed by atoms with van der Waals surface area (Å²) < 4.78 is 0. The molecule has 1 unspecified atom stereocenters. The minimum absolute atomic E-state index is 0.183. The first kappa shape index (κ1) is 11.9. The van der Waals surface area contributed by atoms with Crippen molar-refractivity contribution in [2.45, 2.75) is 13.0 Å². The molecule has 0 radical (unpaired) electrons. The van der Waals surface area contributed by atoms with E-state index in [4.69, 9.17) is 34.8 Å². The van der Waals surface area contributed by atoms with Gasteiger partial charge in [-0.05, 0) is 13.0 Å². The van der Waals surface area contributed by atoms with Gasteiger partial charge in [-0.1, -0.05) is 23.2 Å². The first-order valence-electron chi connectivity index (χ1n) is 4.16. The van der Waals surface area contributed by atoms with E-state index in [0.717, 1.165) is 0 Å². The summed E-state index contributed by atoms with van der Waals surface area (Å²) in [6.45, 7) is 2.00. The molecule has 14 heavy (non-hydrogen) atoms. The summed E-state index contributed by atoms with van der Waals surface area (Å²) in [6.07, 6.45) is 1.57. The lowest BCUT2D eigenvalue weighted by atomic mass is 10.3. The van der Waals surface area contributed by atoms with Crippen LogP contribution in [0.5, 0.6) is 0 Å². The zero-order chi connectivity index (χ0) is 10.7. The SMILES string of the molecule is CC(CCl)N(C)c1ncc(Cl)cc1Cl. The maximum atomic E-state index is 5.99. The van der Waals surface area contributed by atoms with Gasteiger partial charge in [0.25, 0.3) is 0 Å². The molecular formula is C9H11Cl3N2. The molecule has 1 aromatic heterocycles. The number of nitrogens with zero attached hydrogens (tertiary/aromatic N) is 2. The fourth-order valence-electron chi connectivity index (χ4n) is 0.979. The molecule has 1 aromatic rings. The lowest BCUT2D eigenvalue weighted by molar-refractivity contribution is 0.749. The van der Waals surface area contributed by atoms with Gasteiger partial charge in [0.1, 0.15) is 5.82 Å². The van der Waals surface area contributed by atoms with Crippen molar-refractivity contribution in [2.24, 2.45) is 0 Å². The van der Waals surface area contributed by atoms with Crippen LogP contribution in [-0.4, -0.2) is 24.0 Å². The highest BCUT2D eigenvalue weighted by Gasteiger charge is 2.13. The number of halogens is 3. The second-order valence-electron chi connectivity index (χ2n) is 3.07. The van der Waals surface area contributed by atoms with Gasteiger partial charge in [0.15, 0.2) is 0 Å². The summed E-state index contributed by atoms with van der Waals surface area (Å²) in [5, 5.41) is 1.07. The number of aromatic nitrogens is 1. The molecule has 0 amide bonds. The summed E-state index contributed by atoms with van der Waals surface area (Å²) in [7, 11) is 1.90. The van der Waals surface area contributed by atoms with Gasteiger partial charge in [0.2, 0.25) is 0 Å². The van der Waals surface area contributed by atoms with Gasteiger partial charge in [-0.15, -0.1) is 11.6 Å². The van der Waals surface area contributed by atoms with E-state index in [1.54, 1.807) is 12.3 Å². The smallest absolute Gasteiger partial charge is 0.147 e. The molecule has 1 heterocycles. The highest BCUT2D eigenvalue weighted by Crippen LogP contribution is 2.26. The predicted molar refractivity (Wildman–Crippen MR) is 62.8 cm³/mol. The van der Waals surface area contributed by atoms with Gasteiger partial charge >= 0.3 is 0 Å². The van der Waals surface area contributed by atoms with E-state index in [9.17, 15) is 0 Å². The summed E-state index contributed by atoms with van der Waals surface area (Å²) in [6, 6.07) is 1.85. The van der Waals surface area contributed by atoms with E-state index in [2.05, 4.69) is 4.98 Å². The molecule has 0 saturated carbocycles. The Morgan fingerprint density at radius 2 is 2.14 bits per heavy atom. The van der Waals surface area contributed by atoms with E-state index >= 15 is 0 Å². The van der Waals surface area contributed by atoms with E-state index in [-0.39, 0.29) is 6.04 Å². The summed E-state index contributed by atoms with van der Waals surface area (Å²) >= 11 is 17.5. The topological polar surface area (TPSA) is 16.1 Å². The van der Waals surface area contributed by atoms with Crippen molar-refractivity contribution >= 4 is 40.6 Å². The molecule has 1 atom stereocenters. The Balaban J connectivity index is 2.95. The molecule has 0 bridgehead atoms. The Hall–Kier alpha value is -0.180. The third kappa shape index (κ3) is 2.66. The number of alkyl halides is 1. The van der Waals surface area contributed by atoms with Gasteiger partial charge in [0.05, 0.1) is 10.0 Å². The fourth-order valence-corrected chi connectivity index (χ4v) is 1.70. The van der Waals surface area contributed by atoms with Crippen LogP contribution in [-0.2, 0) is 0 Å². The van der Waals surface area contributed by atoms with E-state index in [1.807, 2.05) is 18.9 Å². The van der Waals surface area contributed by atoms with Crippen LogP contribution in [0.15, 0.2) is 12.3 Å². The van der Waals surface area contributed by atoms with Crippen LogP contribution in [0.25, 0.3) is 0 Å². The highest BCUT2D eigenvalue weighted by atomic mass is 35.5. The van der Waals surface area contributed by atoms with Crippen LogP contribution in [0.3, 0.4) is 0 Å². The van der Waals surface area contributed by atoms with Gasteiger partial charge in [-0.2, -0.15) is 0 Å². The lowest BCUT2D eigenvalue weighted by Gasteiger charge is -2.24. The van der Waals surface area contributed by atoms with Gasteiger partial charge in [-0.3, -0.25) is 0 Å². The van der Waals surface area contributed by atoms with Crippen molar-refractivity contribution in [1.29, 1.82) is 0 Å². The molecule has 0 N–H and O–H groups in total. The first-order valence-corrected chi connectivity index (χ1v) is 5.45. The van der Waals surface area contributed by atoms with E-state index in [0.29, 0.717) is 21.7 Å². The zero-order valence-electron chi connectivity index (χ0n) is 7.97. The van der Waals surface area contributed by atoms with Crippen molar-refractivity contribution in [3.63, 3.8) is 0 Å². The minimum Gasteiger partial charge on any atom is -0.355 e. The maximum absolute atomic E-state index is 5.99. The summed E-state index contributed by atoms with van der Waals surface area (Å²) in [5.74, 6) is 1.22. The highest BCUT2D eigenvalue weighted by molar-refractivity contribution is 6.36. The molecule has 78 valence electrons. The van der Waals surface area contributed by atoms with Crippen molar-refractivity contribution < 1.29 is 0 Å². The van der Waals surface area contributed by atoms with Crippen LogP contribution < -0.4 is 4.90 Å². The molecule has 0 saturated heterocycles. The third-order valence-corrected chi connectivity index (χ3v) is 2.94. The summed E-state index contributed by atoms with van der Waals surface area (Å²) in [5.41, 5.74) is 0. The van der Waals surface area contributed by atoms with Gasteiger partial charge in [-0.25, -0.2) is 4.98 Å². The monoisotopic (exact) mass is 252 g/mol. The van der Waals surface area contributed by atoms with Crippen LogP contribution in [0.1, 0.15) is 6.92 Å². The average Bonchev–Trinajstić information content (AvgIpc) is 2.15. The van der Waals surface area contributed by atoms with Crippen molar-refractivity contribution in [3.8, 4) is 0 Å². The second kappa shape index (κ2) is 5.06. The first-order chi connectivity index (χ1) is 6.56. The number of anilines is 1. The van der Waals surface area contributed by atoms with Crippen LogP contribution >= 0.6 is 34.8 Å². The van der Waals surface area contributed by atoms with Crippen LogP contribution in [0, 0.1) is 0 Å². The summed E-state index contributed by atoms with van der Waals surface area (Å²) in [4.78, 5) is 6.07. The van der Waals surface area contributed by atoms with E-state index in [1.165, 1.54) is 0 Å². The van der Waals surface area contributed by atoms with Gasteiger partial charge < -0.3 is 4.90 Å². The largest absolute Gasteiger partial charge is 0.355 e. The third-order valence-electron chi connectivity index (χ3n) is 2.01. The fraction of sp³-hybridized carbons (Fsp3) is 0.444. The standard InChI is InChI=1S/C9H11Cl3N2/c1-6(4-10)14(2)9-8(12)3-7(11)5-13-9/h3,5-6H,4H2,1-2H3. The molecular weight excluding hydrogens is 242 g/mol. The lowest BCUT2D eigenvalue weighted by Crippen LogP contribution is -2.31. The number of hydrogen-bond acceptors (Lipinski definition) is 2. The molecule has 0 aromatic carbocycles. The number of pyridine rings is 1. The molecule has 0 aliphatic rings. The van der Waals surface area contributed by atoms with Gasteiger partial charge in [0, 0.05) is 25.2 Å². The molecule has 5 heteroatoms. The Morgan fingerprint density at radius 1 is 1.50 bits per heavy atom. The Labute approximate surface area is 98.8 Å². The van der Waals surface area contributed by atoms with Crippen LogP contribution in [0.4, 0.5) is 5.82 Å².